The molecule has 4 heteroatoms. The van der Waals surface area contributed by atoms with Crippen molar-refractivity contribution in [1.29, 1.82) is 0 Å². The van der Waals surface area contributed by atoms with Crippen molar-refractivity contribution in [3.05, 3.63) is 45.1 Å². The SMILES string of the molecule is COc1c2nc3ccc(C)cc3oc-2c(C)c(=O)c1C. The van der Waals surface area contributed by atoms with Gasteiger partial charge in [0.05, 0.1) is 7.11 Å². The van der Waals surface area contributed by atoms with Gasteiger partial charge >= 0.3 is 0 Å². The van der Waals surface area contributed by atoms with Crippen molar-refractivity contribution in [2.24, 2.45) is 0 Å². The molecule has 1 aromatic rings. The summed E-state index contributed by atoms with van der Waals surface area (Å²) in [6.07, 6.45) is 0. The molecular weight excluding hydrogens is 254 g/mol. The number of aryl methyl sites for hydroxylation is 1. The molecule has 1 heterocycles. The summed E-state index contributed by atoms with van der Waals surface area (Å²) in [6, 6.07) is 5.80. The molecule has 2 aliphatic rings. The summed E-state index contributed by atoms with van der Waals surface area (Å²) in [7, 11) is 1.54. The van der Waals surface area contributed by atoms with Crippen LogP contribution < -0.4 is 10.2 Å². The molecule has 0 N–H and O–H groups in total. The van der Waals surface area contributed by atoms with Crippen molar-refractivity contribution in [2.45, 2.75) is 20.8 Å². The number of aromatic nitrogens is 1. The molecule has 0 saturated carbocycles. The highest BCUT2D eigenvalue weighted by Crippen LogP contribution is 2.35. The Hall–Kier alpha value is -2.36. The van der Waals surface area contributed by atoms with Crippen LogP contribution in [0.4, 0.5) is 0 Å². The quantitative estimate of drug-likeness (QED) is 0.636. The fourth-order valence-corrected chi connectivity index (χ4v) is 2.45. The molecule has 0 bridgehead atoms. The van der Waals surface area contributed by atoms with Crippen LogP contribution in [-0.2, 0) is 0 Å². The van der Waals surface area contributed by atoms with Gasteiger partial charge in [-0.25, -0.2) is 4.98 Å². The van der Waals surface area contributed by atoms with Gasteiger partial charge in [0, 0.05) is 11.1 Å². The van der Waals surface area contributed by atoms with E-state index in [4.69, 9.17) is 9.15 Å². The summed E-state index contributed by atoms with van der Waals surface area (Å²) < 4.78 is 11.2. The average Bonchev–Trinajstić information content (AvgIpc) is 2.44. The molecule has 1 aliphatic heterocycles. The Bertz CT molecular complexity index is 849. The lowest BCUT2D eigenvalue weighted by Gasteiger charge is -2.14. The Labute approximate surface area is 116 Å². The summed E-state index contributed by atoms with van der Waals surface area (Å²) >= 11 is 0. The van der Waals surface area contributed by atoms with E-state index in [0.29, 0.717) is 33.9 Å². The molecule has 102 valence electrons. The lowest BCUT2D eigenvalue weighted by Crippen LogP contribution is -2.14. The summed E-state index contributed by atoms with van der Waals surface area (Å²) in [5.74, 6) is 0.984. The zero-order chi connectivity index (χ0) is 14.4. The van der Waals surface area contributed by atoms with Gasteiger partial charge in [-0.1, -0.05) is 6.07 Å². The monoisotopic (exact) mass is 269 g/mol. The number of fused-ring (bicyclic) bond motifs is 2. The number of rotatable bonds is 1. The molecule has 0 spiro atoms. The highest BCUT2D eigenvalue weighted by atomic mass is 16.5. The normalized spacial score (nSPS) is 11.2. The van der Waals surface area contributed by atoms with E-state index in [0.717, 1.165) is 11.1 Å². The van der Waals surface area contributed by atoms with Gasteiger partial charge in [0.1, 0.15) is 11.2 Å². The Kier molecular flexibility index (Phi) is 2.74. The molecule has 0 unspecified atom stereocenters. The first-order chi connectivity index (χ1) is 9.52. The van der Waals surface area contributed by atoms with Gasteiger partial charge in [0.15, 0.2) is 22.5 Å². The first kappa shape index (κ1) is 12.7. The van der Waals surface area contributed by atoms with E-state index >= 15 is 0 Å². The lowest BCUT2D eigenvalue weighted by atomic mass is 10.0. The van der Waals surface area contributed by atoms with E-state index in [1.54, 1.807) is 13.8 Å². The summed E-state index contributed by atoms with van der Waals surface area (Å²) in [6.45, 7) is 5.49. The van der Waals surface area contributed by atoms with Crippen molar-refractivity contribution >= 4 is 11.1 Å². The maximum Gasteiger partial charge on any atom is 0.192 e. The highest BCUT2D eigenvalue weighted by Gasteiger charge is 2.23. The molecular formula is C16H15NO3. The van der Waals surface area contributed by atoms with Gasteiger partial charge in [0.2, 0.25) is 0 Å². The average molecular weight is 269 g/mol. The van der Waals surface area contributed by atoms with Crippen molar-refractivity contribution in [3.63, 3.8) is 0 Å². The third-order valence-electron chi connectivity index (χ3n) is 3.56. The molecule has 1 aromatic carbocycles. The molecule has 0 saturated heterocycles. The third kappa shape index (κ3) is 1.68. The predicted octanol–water partition coefficient (Wildman–Crippen LogP) is 3.23. The van der Waals surface area contributed by atoms with Crippen LogP contribution in [0.15, 0.2) is 27.4 Å². The van der Waals surface area contributed by atoms with Gasteiger partial charge in [-0.05, 0) is 38.5 Å². The second kappa shape index (κ2) is 4.34. The van der Waals surface area contributed by atoms with E-state index in [-0.39, 0.29) is 5.43 Å². The van der Waals surface area contributed by atoms with Gasteiger partial charge in [0.25, 0.3) is 0 Å². The van der Waals surface area contributed by atoms with E-state index < -0.39 is 0 Å². The maximum absolute atomic E-state index is 12.2. The fraction of sp³-hybridized carbons (Fsp3) is 0.250. The van der Waals surface area contributed by atoms with Crippen LogP contribution in [0.1, 0.15) is 16.7 Å². The van der Waals surface area contributed by atoms with Crippen LogP contribution in [0.3, 0.4) is 0 Å². The fourth-order valence-electron chi connectivity index (χ4n) is 2.45. The molecule has 0 radical (unpaired) electrons. The van der Waals surface area contributed by atoms with Gasteiger partial charge in [-0.2, -0.15) is 0 Å². The second-order valence-corrected chi connectivity index (χ2v) is 4.98. The van der Waals surface area contributed by atoms with E-state index in [1.165, 1.54) is 7.11 Å². The predicted molar refractivity (Wildman–Crippen MR) is 77.7 cm³/mol. The molecule has 0 aromatic heterocycles. The molecule has 0 fully saturated rings. The zero-order valence-corrected chi connectivity index (χ0v) is 11.9. The Morgan fingerprint density at radius 2 is 1.90 bits per heavy atom. The number of methoxy groups -OCH3 is 1. The Balaban J connectivity index is 2.54. The number of ether oxygens (including phenoxy) is 1. The van der Waals surface area contributed by atoms with Crippen LogP contribution in [0.25, 0.3) is 22.6 Å². The van der Waals surface area contributed by atoms with Crippen molar-refractivity contribution in [1.82, 2.24) is 4.98 Å². The largest absolute Gasteiger partial charge is 0.494 e. The van der Waals surface area contributed by atoms with Crippen molar-refractivity contribution < 1.29 is 9.15 Å². The zero-order valence-electron chi connectivity index (χ0n) is 11.9. The minimum atomic E-state index is -0.0631. The summed E-state index contributed by atoms with van der Waals surface area (Å²) in [4.78, 5) is 16.8. The number of benzene rings is 2. The molecule has 4 nitrogen and oxygen atoms in total. The minimum absolute atomic E-state index is 0.0631. The van der Waals surface area contributed by atoms with Crippen molar-refractivity contribution in [3.8, 4) is 17.2 Å². The number of hydrogen-bond acceptors (Lipinski definition) is 4. The van der Waals surface area contributed by atoms with Crippen LogP contribution >= 0.6 is 0 Å². The van der Waals surface area contributed by atoms with Crippen LogP contribution in [0.5, 0.6) is 5.75 Å². The Morgan fingerprint density at radius 1 is 1.15 bits per heavy atom. The first-order valence-electron chi connectivity index (χ1n) is 6.41. The molecule has 20 heavy (non-hydrogen) atoms. The summed E-state index contributed by atoms with van der Waals surface area (Å²) in [5, 5.41) is 0. The van der Waals surface area contributed by atoms with E-state index in [2.05, 4.69) is 4.98 Å². The van der Waals surface area contributed by atoms with Crippen molar-refractivity contribution in [2.75, 3.05) is 7.11 Å². The van der Waals surface area contributed by atoms with E-state index in [1.807, 2.05) is 25.1 Å². The Morgan fingerprint density at radius 3 is 2.60 bits per heavy atom. The maximum atomic E-state index is 12.2. The highest BCUT2D eigenvalue weighted by molar-refractivity contribution is 5.80. The lowest BCUT2D eigenvalue weighted by molar-refractivity contribution is 0.408. The first-order valence-corrected chi connectivity index (χ1v) is 6.41. The summed E-state index contributed by atoms with van der Waals surface area (Å²) in [5.41, 5.74) is 4.16. The molecule has 0 amide bonds. The standard InChI is InChI=1S/C16H15NO3/c1-8-5-6-11-12(7-8)20-16-10(3)14(18)9(2)15(19-4)13(16)17-11/h5-7H,1-4H3. The van der Waals surface area contributed by atoms with Crippen LogP contribution in [0, 0.1) is 20.8 Å². The van der Waals surface area contributed by atoms with Crippen LogP contribution in [-0.4, -0.2) is 12.1 Å². The van der Waals surface area contributed by atoms with Gasteiger partial charge < -0.3 is 9.15 Å². The third-order valence-corrected chi connectivity index (χ3v) is 3.56. The minimum Gasteiger partial charge on any atom is -0.494 e. The number of hydrogen-bond donors (Lipinski definition) is 0. The van der Waals surface area contributed by atoms with Crippen LogP contribution in [0.2, 0.25) is 0 Å². The molecule has 3 rings (SSSR count). The smallest absolute Gasteiger partial charge is 0.192 e. The number of nitrogens with zero attached hydrogens (tertiary/aromatic N) is 1. The second-order valence-electron chi connectivity index (χ2n) is 4.98. The molecule has 1 aliphatic carbocycles. The topological polar surface area (TPSA) is 52.3 Å². The van der Waals surface area contributed by atoms with Gasteiger partial charge in [-0.15, -0.1) is 0 Å². The van der Waals surface area contributed by atoms with E-state index in [9.17, 15) is 4.79 Å². The van der Waals surface area contributed by atoms with Gasteiger partial charge in [-0.3, -0.25) is 4.79 Å². The molecule has 0 atom stereocenters.